The van der Waals surface area contributed by atoms with E-state index in [0.717, 1.165) is 0 Å². The molecule has 0 aliphatic carbocycles. The minimum atomic E-state index is -1.14. The fraction of sp³-hybridized carbons (Fsp3) is 0.333. The minimum Gasteiger partial charge on any atom is -0.467 e. The molecule has 0 aliphatic heterocycles. The van der Waals surface area contributed by atoms with Crippen LogP contribution in [0.1, 0.15) is 19.4 Å². The summed E-state index contributed by atoms with van der Waals surface area (Å²) in [4.78, 5) is 22.9. The lowest BCUT2D eigenvalue weighted by Crippen LogP contribution is -2.49. The molecule has 0 saturated carbocycles. The van der Waals surface area contributed by atoms with E-state index in [9.17, 15) is 9.59 Å². The third kappa shape index (κ3) is 2.39. The summed E-state index contributed by atoms with van der Waals surface area (Å²) in [6, 6.07) is 8.99. The number of carbonyl (C=O) groups excluding carboxylic acids is 2. The molecule has 1 N–H and O–H groups in total. The molecule has 4 heteroatoms. The lowest BCUT2D eigenvalue weighted by Gasteiger charge is -2.27. The molecule has 16 heavy (non-hydrogen) atoms. The normalized spacial score (nSPS) is 13.7. The predicted molar refractivity (Wildman–Crippen MR) is 59.6 cm³/mol. The maximum atomic E-state index is 11.7. The van der Waals surface area contributed by atoms with E-state index >= 15 is 0 Å². The third-order valence-electron chi connectivity index (χ3n) is 2.37. The van der Waals surface area contributed by atoms with Crippen molar-refractivity contribution in [3.63, 3.8) is 0 Å². The van der Waals surface area contributed by atoms with Gasteiger partial charge in [0, 0.05) is 6.92 Å². The summed E-state index contributed by atoms with van der Waals surface area (Å²) < 4.78 is 4.72. The first-order valence-corrected chi connectivity index (χ1v) is 4.93. The van der Waals surface area contributed by atoms with Crippen molar-refractivity contribution in [1.29, 1.82) is 0 Å². The Labute approximate surface area is 94.6 Å². The predicted octanol–water partition coefficient (Wildman–Crippen LogP) is 1.21. The Morgan fingerprint density at radius 2 is 1.81 bits per heavy atom. The Hall–Kier alpha value is -1.84. The van der Waals surface area contributed by atoms with Crippen molar-refractivity contribution in [1.82, 2.24) is 5.32 Å². The first-order valence-electron chi connectivity index (χ1n) is 4.93. The van der Waals surface area contributed by atoms with Crippen LogP contribution in [0.5, 0.6) is 0 Å². The van der Waals surface area contributed by atoms with Gasteiger partial charge in [0.1, 0.15) is 0 Å². The van der Waals surface area contributed by atoms with E-state index < -0.39 is 11.5 Å². The molecule has 4 nitrogen and oxygen atoms in total. The molecule has 1 atom stereocenters. The number of rotatable bonds is 3. The second-order valence-electron chi connectivity index (χ2n) is 3.66. The molecule has 0 bridgehead atoms. The summed E-state index contributed by atoms with van der Waals surface area (Å²) in [5, 5.41) is 2.61. The standard InChI is InChI=1S/C12H15NO3/c1-9(14)13-12(2,11(15)16-3)10-7-5-4-6-8-10/h4-8H,1-3H3,(H,13,14)/t12-/m1/s1. The highest BCUT2D eigenvalue weighted by atomic mass is 16.5. The molecule has 0 aliphatic rings. The molecule has 0 unspecified atom stereocenters. The topological polar surface area (TPSA) is 55.4 Å². The van der Waals surface area contributed by atoms with E-state index in [1.807, 2.05) is 6.07 Å². The highest BCUT2D eigenvalue weighted by Crippen LogP contribution is 2.21. The van der Waals surface area contributed by atoms with Gasteiger partial charge in [-0.15, -0.1) is 0 Å². The van der Waals surface area contributed by atoms with Crippen LogP contribution >= 0.6 is 0 Å². The van der Waals surface area contributed by atoms with Gasteiger partial charge in [-0.3, -0.25) is 4.79 Å². The lowest BCUT2D eigenvalue weighted by molar-refractivity contribution is -0.150. The van der Waals surface area contributed by atoms with Gasteiger partial charge in [-0.2, -0.15) is 0 Å². The van der Waals surface area contributed by atoms with Crippen LogP contribution in [0.4, 0.5) is 0 Å². The highest BCUT2D eigenvalue weighted by Gasteiger charge is 2.37. The van der Waals surface area contributed by atoms with Crippen molar-refractivity contribution in [3.8, 4) is 0 Å². The maximum absolute atomic E-state index is 11.7. The minimum absolute atomic E-state index is 0.281. The van der Waals surface area contributed by atoms with Gasteiger partial charge in [0.15, 0.2) is 5.54 Å². The Balaban J connectivity index is 3.14. The van der Waals surface area contributed by atoms with Gasteiger partial charge < -0.3 is 10.1 Å². The van der Waals surface area contributed by atoms with Crippen LogP contribution in [0.2, 0.25) is 0 Å². The van der Waals surface area contributed by atoms with E-state index in [0.29, 0.717) is 5.56 Å². The molecule has 0 radical (unpaired) electrons. The monoisotopic (exact) mass is 221 g/mol. The first-order chi connectivity index (χ1) is 7.50. The summed E-state index contributed by atoms with van der Waals surface area (Å²) in [6.07, 6.45) is 0. The van der Waals surface area contributed by atoms with Gasteiger partial charge >= 0.3 is 5.97 Å². The van der Waals surface area contributed by atoms with Crippen molar-refractivity contribution in [2.45, 2.75) is 19.4 Å². The van der Waals surface area contributed by atoms with Gasteiger partial charge in [-0.1, -0.05) is 30.3 Å². The number of hydrogen-bond acceptors (Lipinski definition) is 3. The summed E-state index contributed by atoms with van der Waals surface area (Å²) in [6.45, 7) is 2.99. The van der Waals surface area contributed by atoms with Gasteiger partial charge in [0.05, 0.1) is 7.11 Å². The van der Waals surface area contributed by atoms with E-state index in [2.05, 4.69) is 5.32 Å². The molecule has 1 aromatic rings. The largest absolute Gasteiger partial charge is 0.467 e. The van der Waals surface area contributed by atoms with E-state index in [-0.39, 0.29) is 5.91 Å². The first kappa shape index (κ1) is 12.2. The number of carbonyl (C=O) groups is 2. The lowest BCUT2D eigenvalue weighted by atomic mass is 9.92. The Morgan fingerprint density at radius 3 is 2.25 bits per heavy atom. The Bertz CT molecular complexity index is 389. The fourth-order valence-electron chi connectivity index (χ4n) is 1.57. The van der Waals surface area contributed by atoms with Crippen molar-refractivity contribution < 1.29 is 14.3 Å². The van der Waals surface area contributed by atoms with Crippen LogP contribution < -0.4 is 5.32 Å². The Morgan fingerprint density at radius 1 is 1.25 bits per heavy atom. The molecule has 0 heterocycles. The van der Waals surface area contributed by atoms with Crippen LogP contribution in [0.15, 0.2) is 30.3 Å². The average Bonchev–Trinajstić information content (AvgIpc) is 2.28. The summed E-state index contributed by atoms with van der Waals surface area (Å²) in [5.74, 6) is -0.773. The Kier molecular flexibility index (Phi) is 3.66. The second-order valence-corrected chi connectivity index (χ2v) is 3.66. The van der Waals surface area contributed by atoms with E-state index in [4.69, 9.17) is 4.74 Å². The molecule has 1 amide bonds. The summed E-state index contributed by atoms with van der Waals surface area (Å²) >= 11 is 0. The molecule has 0 fully saturated rings. The average molecular weight is 221 g/mol. The second kappa shape index (κ2) is 4.79. The van der Waals surface area contributed by atoms with Crippen molar-refractivity contribution >= 4 is 11.9 Å². The van der Waals surface area contributed by atoms with Crippen LogP contribution in [-0.2, 0) is 19.9 Å². The van der Waals surface area contributed by atoms with E-state index in [1.165, 1.54) is 14.0 Å². The highest BCUT2D eigenvalue weighted by molar-refractivity contribution is 5.87. The van der Waals surface area contributed by atoms with Crippen LogP contribution in [0.25, 0.3) is 0 Å². The molecule has 0 aromatic heterocycles. The number of hydrogen-bond donors (Lipinski definition) is 1. The zero-order chi connectivity index (χ0) is 12.2. The van der Waals surface area contributed by atoms with Crippen molar-refractivity contribution in [2.75, 3.05) is 7.11 Å². The van der Waals surface area contributed by atoms with E-state index in [1.54, 1.807) is 31.2 Å². The zero-order valence-electron chi connectivity index (χ0n) is 9.61. The molecule has 1 rings (SSSR count). The quantitative estimate of drug-likeness (QED) is 0.780. The molecule has 0 spiro atoms. The summed E-state index contributed by atoms with van der Waals surface area (Å²) in [5.41, 5.74) is -0.445. The van der Waals surface area contributed by atoms with Gasteiger partial charge in [0.2, 0.25) is 5.91 Å². The number of ether oxygens (including phenoxy) is 1. The van der Waals surface area contributed by atoms with Gasteiger partial charge in [-0.25, -0.2) is 4.79 Å². The van der Waals surface area contributed by atoms with Crippen molar-refractivity contribution in [3.05, 3.63) is 35.9 Å². The van der Waals surface area contributed by atoms with Gasteiger partial charge in [-0.05, 0) is 12.5 Å². The van der Waals surface area contributed by atoms with Gasteiger partial charge in [0.25, 0.3) is 0 Å². The number of methoxy groups -OCH3 is 1. The summed E-state index contributed by atoms with van der Waals surface area (Å²) in [7, 11) is 1.30. The number of esters is 1. The molecule has 86 valence electrons. The van der Waals surface area contributed by atoms with Crippen molar-refractivity contribution in [2.24, 2.45) is 0 Å². The molecular weight excluding hydrogens is 206 g/mol. The smallest absolute Gasteiger partial charge is 0.336 e. The number of amides is 1. The molecular formula is C12H15NO3. The zero-order valence-corrected chi connectivity index (χ0v) is 9.61. The fourth-order valence-corrected chi connectivity index (χ4v) is 1.57. The van der Waals surface area contributed by atoms with Crippen LogP contribution in [0, 0.1) is 0 Å². The van der Waals surface area contributed by atoms with Crippen LogP contribution in [-0.4, -0.2) is 19.0 Å². The number of benzene rings is 1. The molecule has 1 aromatic carbocycles. The molecule has 0 saturated heterocycles. The van der Waals surface area contributed by atoms with Crippen LogP contribution in [0.3, 0.4) is 0 Å². The SMILES string of the molecule is COC(=O)[C@](C)(NC(C)=O)c1ccccc1. The maximum Gasteiger partial charge on any atom is 0.336 e. The number of nitrogens with one attached hydrogen (secondary N) is 1. The third-order valence-corrected chi connectivity index (χ3v) is 2.37.